The van der Waals surface area contributed by atoms with Crippen molar-refractivity contribution in [2.45, 2.75) is 64.0 Å². The van der Waals surface area contributed by atoms with Crippen molar-refractivity contribution in [3.8, 4) is 11.4 Å². The number of amides is 1. The summed E-state index contributed by atoms with van der Waals surface area (Å²) in [4.78, 5) is 17.9. The summed E-state index contributed by atoms with van der Waals surface area (Å²) in [5, 5.41) is 14.7. The molecule has 2 saturated heterocycles. The zero-order valence-corrected chi connectivity index (χ0v) is 20.0. The third kappa shape index (κ3) is 5.04. The van der Waals surface area contributed by atoms with E-state index in [0.29, 0.717) is 42.6 Å². The van der Waals surface area contributed by atoms with Gasteiger partial charge in [-0.25, -0.2) is 4.68 Å². The number of aryl methyl sites for hydroxylation is 1. The first-order valence-electron chi connectivity index (χ1n) is 12.3. The third-order valence-electron chi connectivity index (χ3n) is 7.44. The quantitative estimate of drug-likeness (QED) is 0.686. The number of hydrogen-bond acceptors (Lipinski definition) is 5. The summed E-state index contributed by atoms with van der Waals surface area (Å²) in [7, 11) is 0. The lowest BCUT2D eigenvalue weighted by Gasteiger charge is -2.36. The highest BCUT2D eigenvalue weighted by Gasteiger charge is 2.39. The summed E-state index contributed by atoms with van der Waals surface area (Å²) in [6.07, 6.45) is -1.52. The second kappa shape index (κ2) is 9.13. The molecule has 2 aromatic rings. The fraction of sp³-hybridized carbons (Fsp3) is 0.600. The molecule has 0 bridgehead atoms. The molecule has 2 atom stereocenters. The van der Waals surface area contributed by atoms with Crippen LogP contribution in [0.5, 0.6) is 5.75 Å². The Morgan fingerprint density at radius 3 is 2.46 bits per heavy atom. The largest absolute Gasteiger partial charge is 0.573 e. The highest BCUT2D eigenvalue weighted by atomic mass is 19.4. The van der Waals surface area contributed by atoms with E-state index in [1.165, 1.54) is 18.2 Å². The summed E-state index contributed by atoms with van der Waals surface area (Å²) in [6.45, 7) is 6.69. The minimum Gasteiger partial charge on any atom is -0.406 e. The molecule has 3 aliphatic rings. The van der Waals surface area contributed by atoms with E-state index in [2.05, 4.69) is 21.7 Å². The SMILES string of the molecule is Cc1nn(-c2cccc(OC(F)(F)F)c2)c(C2CC2)c1C(=O)N1CCC(N2C[C@@H](O)[C@@H](C)C2)CC1. The molecular weight excluding hydrogens is 461 g/mol. The normalized spacial score (nSPS) is 24.2. The van der Waals surface area contributed by atoms with Gasteiger partial charge in [0.1, 0.15) is 5.75 Å². The van der Waals surface area contributed by atoms with Gasteiger partial charge in [0.2, 0.25) is 0 Å². The number of carbonyl (C=O) groups excluding carboxylic acids is 1. The average molecular weight is 493 g/mol. The molecule has 1 aromatic carbocycles. The number of β-amino-alcohol motifs (C(OH)–C–C–N with tert-alkyl or cyclic N) is 1. The van der Waals surface area contributed by atoms with Crippen LogP contribution in [0, 0.1) is 12.8 Å². The number of carbonyl (C=O) groups is 1. The molecule has 1 N–H and O–H groups in total. The molecule has 35 heavy (non-hydrogen) atoms. The highest BCUT2D eigenvalue weighted by molar-refractivity contribution is 5.97. The minimum absolute atomic E-state index is 0.0633. The van der Waals surface area contributed by atoms with Crippen molar-refractivity contribution in [2.75, 3.05) is 26.2 Å². The second-order valence-corrected chi connectivity index (χ2v) is 10.1. The number of benzene rings is 1. The van der Waals surface area contributed by atoms with Crippen LogP contribution in [0.25, 0.3) is 5.69 Å². The maximum Gasteiger partial charge on any atom is 0.573 e. The maximum atomic E-state index is 13.7. The standard InChI is InChI=1S/C25H31F3N4O3/c1-15-13-31(14-21(15)33)18-8-10-30(11-9-18)24(34)22-16(2)29-32(23(22)17-6-7-17)19-4-3-5-20(12-19)35-25(26,27)28/h3-5,12,15,17-18,21,33H,6-11,13-14H2,1-2H3/t15-,21+/m0/s1. The fourth-order valence-corrected chi connectivity index (χ4v) is 5.43. The lowest BCUT2D eigenvalue weighted by atomic mass is 10.0. The summed E-state index contributed by atoms with van der Waals surface area (Å²) in [5.41, 5.74) is 2.36. The Balaban J connectivity index is 1.36. The van der Waals surface area contributed by atoms with Gasteiger partial charge >= 0.3 is 6.36 Å². The predicted molar refractivity (Wildman–Crippen MR) is 123 cm³/mol. The van der Waals surface area contributed by atoms with Gasteiger partial charge in [-0.05, 0) is 50.7 Å². The summed E-state index contributed by atoms with van der Waals surface area (Å²) < 4.78 is 43.9. The molecule has 5 rings (SSSR count). The smallest absolute Gasteiger partial charge is 0.406 e. The van der Waals surface area contributed by atoms with Gasteiger partial charge in [0.05, 0.1) is 28.7 Å². The Labute approximate surface area is 202 Å². The topological polar surface area (TPSA) is 70.8 Å². The number of nitrogens with zero attached hydrogens (tertiary/aromatic N) is 4. The molecule has 1 aromatic heterocycles. The Morgan fingerprint density at radius 1 is 1.14 bits per heavy atom. The summed E-state index contributed by atoms with van der Waals surface area (Å²) in [6, 6.07) is 6.08. The van der Waals surface area contributed by atoms with Gasteiger partial charge in [-0.2, -0.15) is 5.10 Å². The lowest BCUT2D eigenvalue weighted by Crippen LogP contribution is -2.46. The molecule has 1 saturated carbocycles. The molecule has 1 amide bonds. The number of hydrogen-bond donors (Lipinski definition) is 1. The van der Waals surface area contributed by atoms with Gasteiger partial charge in [0.15, 0.2) is 0 Å². The summed E-state index contributed by atoms with van der Waals surface area (Å²) in [5.74, 6) is 0.0459. The highest BCUT2D eigenvalue weighted by Crippen LogP contribution is 2.44. The first kappa shape index (κ1) is 24.1. The van der Waals surface area contributed by atoms with Gasteiger partial charge < -0.3 is 14.7 Å². The van der Waals surface area contributed by atoms with Gasteiger partial charge in [-0.1, -0.05) is 13.0 Å². The van der Waals surface area contributed by atoms with Crippen LogP contribution >= 0.6 is 0 Å². The first-order chi connectivity index (χ1) is 16.6. The van der Waals surface area contributed by atoms with Crippen LogP contribution in [0.15, 0.2) is 24.3 Å². The van der Waals surface area contributed by atoms with Crippen LogP contribution < -0.4 is 4.74 Å². The van der Waals surface area contributed by atoms with E-state index in [9.17, 15) is 23.1 Å². The molecule has 10 heteroatoms. The number of likely N-dealkylation sites (tertiary alicyclic amines) is 2. The van der Waals surface area contributed by atoms with E-state index in [1.807, 2.05) is 4.90 Å². The van der Waals surface area contributed by atoms with Crippen LogP contribution in [-0.4, -0.2) is 75.3 Å². The van der Waals surface area contributed by atoms with E-state index in [-0.39, 0.29) is 29.6 Å². The molecule has 3 heterocycles. The van der Waals surface area contributed by atoms with Crippen LogP contribution in [0.3, 0.4) is 0 Å². The zero-order valence-electron chi connectivity index (χ0n) is 20.0. The van der Waals surface area contributed by atoms with Crippen molar-refractivity contribution >= 4 is 5.91 Å². The third-order valence-corrected chi connectivity index (χ3v) is 7.44. The lowest BCUT2D eigenvalue weighted by molar-refractivity contribution is -0.274. The predicted octanol–water partition coefficient (Wildman–Crippen LogP) is 3.87. The number of ether oxygens (including phenoxy) is 1. The van der Waals surface area contributed by atoms with Crippen LogP contribution in [0.4, 0.5) is 13.2 Å². The van der Waals surface area contributed by atoms with E-state index < -0.39 is 6.36 Å². The van der Waals surface area contributed by atoms with E-state index in [4.69, 9.17) is 0 Å². The fourth-order valence-electron chi connectivity index (χ4n) is 5.43. The van der Waals surface area contributed by atoms with Gasteiger partial charge in [-0.3, -0.25) is 9.69 Å². The average Bonchev–Trinajstić information content (AvgIpc) is 3.51. The molecule has 0 unspecified atom stereocenters. The van der Waals surface area contributed by atoms with Crippen molar-refractivity contribution in [1.29, 1.82) is 0 Å². The van der Waals surface area contributed by atoms with Gasteiger partial charge in [0, 0.05) is 44.2 Å². The Morgan fingerprint density at radius 2 is 1.86 bits per heavy atom. The number of aliphatic hydroxyl groups excluding tert-OH is 1. The van der Waals surface area contributed by atoms with Gasteiger partial charge in [-0.15, -0.1) is 13.2 Å². The molecule has 2 aliphatic heterocycles. The molecule has 0 spiro atoms. The van der Waals surface area contributed by atoms with Crippen molar-refractivity contribution < 1.29 is 27.8 Å². The minimum atomic E-state index is -4.78. The van der Waals surface area contributed by atoms with Crippen LogP contribution in [0.1, 0.15) is 60.3 Å². The van der Waals surface area contributed by atoms with Crippen molar-refractivity contribution in [1.82, 2.24) is 19.6 Å². The monoisotopic (exact) mass is 492 g/mol. The number of aromatic nitrogens is 2. The van der Waals surface area contributed by atoms with Crippen LogP contribution in [-0.2, 0) is 0 Å². The van der Waals surface area contributed by atoms with E-state index in [0.717, 1.165) is 37.9 Å². The van der Waals surface area contributed by atoms with Crippen molar-refractivity contribution in [2.24, 2.45) is 5.92 Å². The molecule has 7 nitrogen and oxygen atoms in total. The Kier molecular flexibility index (Phi) is 6.29. The number of halogens is 3. The Hall–Kier alpha value is -2.59. The molecule has 190 valence electrons. The second-order valence-electron chi connectivity index (χ2n) is 10.1. The maximum absolute atomic E-state index is 13.7. The number of rotatable bonds is 5. The zero-order chi connectivity index (χ0) is 24.9. The summed E-state index contributed by atoms with van der Waals surface area (Å²) >= 11 is 0. The van der Waals surface area contributed by atoms with Crippen molar-refractivity contribution in [3.63, 3.8) is 0 Å². The molecule has 1 aliphatic carbocycles. The van der Waals surface area contributed by atoms with E-state index >= 15 is 0 Å². The van der Waals surface area contributed by atoms with Crippen molar-refractivity contribution in [3.05, 3.63) is 41.2 Å². The molecule has 3 fully saturated rings. The molecular formula is C25H31F3N4O3. The number of aliphatic hydroxyl groups is 1. The first-order valence-corrected chi connectivity index (χ1v) is 12.3. The number of alkyl halides is 3. The number of piperidine rings is 1. The molecule has 0 radical (unpaired) electrons. The Bertz CT molecular complexity index is 1080. The van der Waals surface area contributed by atoms with Gasteiger partial charge in [0.25, 0.3) is 5.91 Å². The van der Waals surface area contributed by atoms with Crippen LogP contribution in [0.2, 0.25) is 0 Å². The van der Waals surface area contributed by atoms with E-state index in [1.54, 1.807) is 17.7 Å².